The van der Waals surface area contributed by atoms with Crippen LogP contribution >= 0.6 is 0 Å². The van der Waals surface area contributed by atoms with E-state index < -0.39 is 38.9 Å². The summed E-state index contributed by atoms with van der Waals surface area (Å²) >= 11 is 0. The molecule has 0 N–H and O–H groups in total. The van der Waals surface area contributed by atoms with Crippen LogP contribution in [0.3, 0.4) is 0 Å². The molecule has 40 heavy (non-hydrogen) atoms. The summed E-state index contributed by atoms with van der Waals surface area (Å²) in [5, 5.41) is -1.30. The van der Waals surface area contributed by atoms with Gasteiger partial charge < -0.3 is 4.74 Å². The van der Waals surface area contributed by atoms with Crippen LogP contribution in [0.5, 0.6) is 0 Å². The molecule has 3 aromatic carbocycles. The summed E-state index contributed by atoms with van der Waals surface area (Å²) in [5.74, 6) is -1.77. The molecule has 7 nitrogen and oxygen atoms in total. The molecule has 0 saturated carbocycles. The first-order chi connectivity index (χ1) is 19.4. The Kier molecular flexibility index (Phi) is 6.61. The molecular formula is C32H24N2O5S. The van der Waals surface area contributed by atoms with Gasteiger partial charge in [-0.05, 0) is 34.9 Å². The van der Waals surface area contributed by atoms with E-state index in [9.17, 15) is 18.0 Å². The first-order valence-corrected chi connectivity index (χ1v) is 14.4. The molecule has 198 valence electrons. The van der Waals surface area contributed by atoms with Gasteiger partial charge in [-0.3, -0.25) is 14.7 Å². The highest BCUT2D eigenvalue weighted by Crippen LogP contribution is 2.44. The van der Waals surface area contributed by atoms with Gasteiger partial charge in [0.1, 0.15) is 5.70 Å². The number of benzene rings is 3. The van der Waals surface area contributed by atoms with Crippen LogP contribution in [-0.2, 0) is 24.2 Å². The monoisotopic (exact) mass is 548 g/mol. The van der Waals surface area contributed by atoms with Gasteiger partial charge in [0.25, 0.3) is 5.91 Å². The quantitative estimate of drug-likeness (QED) is 0.195. The SMILES string of the molecule is O=C(OC(c1ccccc1)c1ccccc1)C1=C(c2ccccc2)CS(=O)(=O)C2/C(=C/c3ccccn3)C(=O)N12. The highest BCUT2D eigenvalue weighted by Gasteiger charge is 2.57. The highest BCUT2D eigenvalue weighted by atomic mass is 32.2. The zero-order valence-corrected chi connectivity index (χ0v) is 22.1. The molecule has 1 atom stereocenters. The smallest absolute Gasteiger partial charge is 0.356 e. The number of rotatable bonds is 6. The maximum atomic E-state index is 14.0. The average molecular weight is 549 g/mol. The molecule has 8 heteroatoms. The van der Waals surface area contributed by atoms with Gasteiger partial charge in [-0.15, -0.1) is 0 Å². The van der Waals surface area contributed by atoms with Crippen molar-refractivity contribution >= 4 is 33.4 Å². The number of carbonyl (C=O) groups is 2. The second-order valence-electron chi connectivity index (χ2n) is 9.49. The zero-order chi connectivity index (χ0) is 27.7. The molecule has 0 aliphatic carbocycles. The molecule has 1 saturated heterocycles. The summed E-state index contributed by atoms with van der Waals surface area (Å²) in [6, 6.07) is 32.5. The van der Waals surface area contributed by atoms with E-state index in [2.05, 4.69) is 4.98 Å². The normalized spacial score (nSPS) is 18.8. The number of β-lactam (4-membered cyclic amide) rings is 1. The van der Waals surface area contributed by atoms with Crippen LogP contribution in [0.15, 0.2) is 127 Å². The summed E-state index contributed by atoms with van der Waals surface area (Å²) in [5.41, 5.74) is 2.71. The van der Waals surface area contributed by atoms with Gasteiger partial charge in [-0.1, -0.05) is 97.1 Å². The number of sulfone groups is 1. The lowest BCUT2D eigenvalue weighted by Gasteiger charge is -2.46. The van der Waals surface area contributed by atoms with Crippen molar-refractivity contribution in [3.05, 3.63) is 149 Å². The predicted molar refractivity (Wildman–Crippen MR) is 151 cm³/mol. The summed E-state index contributed by atoms with van der Waals surface area (Å²) in [7, 11) is -3.88. The number of ether oxygens (including phenoxy) is 1. The number of hydrogen-bond acceptors (Lipinski definition) is 6. The van der Waals surface area contributed by atoms with Gasteiger partial charge in [0.2, 0.25) is 0 Å². The predicted octanol–water partition coefficient (Wildman–Crippen LogP) is 4.81. The molecule has 0 bridgehead atoms. The Balaban J connectivity index is 1.46. The topological polar surface area (TPSA) is 93.6 Å². The number of carbonyl (C=O) groups excluding carboxylic acids is 2. The van der Waals surface area contributed by atoms with E-state index in [-0.39, 0.29) is 16.8 Å². The lowest BCUT2D eigenvalue weighted by atomic mass is 9.97. The van der Waals surface area contributed by atoms with E-state index in [4.69, 9.17) is 4.74 Å². The van der Waals surface area contributed by atoms with Crippen molar-refractivity contribution in [1.29, 1.82) is 0 Å². The van der Waals surface area contributed by atoms with Gasteiger partial charge >= 0.3 is 5.97 Å². The highest BCUT2D eigenvalue weighted by molar-refractivity contribution is 7.92. The summed E-state index contributed by atoms with van der Waals surface area (Å²) in [6.45, 7) is 0. The van der Waals surface area contributed by atoms with Crippen LogP contribution in [0.25, 0.3) is 11.6 Å². The molecular weight excluding hydrogens is 524 g/mol. The fourth-order valence-electron chi connectivity index (χ4n) is 5.07. The minimum atomic E-state index is -3.88. The number of esters is 1. The van der Waals surface area contributed by atoms with Crippen molar-refractivity contribution in [3.63, 3.8) is 0 Å². The van der Waals surface area contributed by atoms with Crippen molar-refractivity contribution in [3.8, 4) is 0 Å². The van der Waals surface area contributed by atoms with Crippen molar-refractivity contribution < 1.29 is 22.7 Å². The molecule has 2 aliphatic heterocycles. The van der Waals surface area contributed by atoms with Gasteiger partial charge in [-0.25, -0.2) is 13.2 Å². The maximum Gasteiger partial charge on any atom is 0.356 e. The summed E-state index contributed by atoms with van der Waals surface area (Å²) in [4.78, 5) is 32.8. The first kappa shape index (κ1) is 25.5. The standard InChI is InChI=1S/C32H24N2O5S/c35-30-26(20-25-18-10-11-19-33-25)31-34(30)28(27(21-40(31,37)38)22-12-4-1-5-13-22)32(36)39-29(23-14-6-2-7-15-23)24-16-8-3-9-17-24/h1-20,29,31H,21H2/b26-20+. The van der Waals surface area contributed by atoms with E-state index in [0.29, 0.717) is 11.3 Å². The number of aromatic nitrogens is 1. The summed E-state index contributed by atoms with van der Waals surface area (Å²) < 4.78 is 33.2. The minimum Gasteiger partial charge on any atom is -0.448 e. The van der Waals surface area contributed by atoms with Gasteiger partial charge in [0.15, 0.2) is 21.3 Å². The third kappa shape index (κ3) is 4.63. The number of amides is 1. The van der Waals surface area contributed by atoms with E-state index in [1.54, 1.807) is 54.7 Å². The van der Waals surface area contributed by atoms with Gasteiger partial charge in [0.05, 0.1) is 17.0 Å². The Hall–Kier alpha value is -4.82. The molecule has 1 fully saturated rings. The van der Waals surface area contributed by atoms with Crippen molar-refractivity contribution in [1.82, 2.24) is 9.88 Å². The van der Waals surface area contributed by atoms with E-state index in [1.165, 1.54) is 6.08 Å². The second kappa shape index (κ2) is 10.4. The summed E-state index contributed by atoms with van der Waals surface area (Å²) in [6.07, 6.45) is 2.26. The Labute approximate surface area is 232 Å². The fourth-order valence-corrected chi connectivity index (χ4v) is 7.01. The van der Waals surface area contributed by atoms with Crippen LogP contribution in [0.1, 0.15) is 28.5 Å². The van der Waals surface area contributed by atoms with Crippen LogP contribution in [0, 0.1) is 0 Å². The minimum absolute atomic E-state index is 0.0638. The van der Waals surface area contributed by atoms with Crippen LogP contribution in [0.4, 0.5) is 0 Å². The van der Waals surface area contributed by atoms with E-state index in [0.717, 1.165) is 16.0 Å². The van der Waals surface area contributed by atoms with Crippen molar-refractivity contribution in [2.24, 2.45) is 0 Å². The van der Waals surface area contributed by atoms with Crippen LogP contribution in [0.2, 0.25) is 0 Å². The Morgan fingerprint density at radius 3 is 2.00 bits per heavy atom. The van der Waals surface area contributed by atoms with Gasteiger partial charge in [0, 0.05) is 11.8 Å². The van der Waals surface area contributed by atoms with Gasteiger partial charge in [-0.2, -0.15) is 0 Å². The molecule has 1 unspecified atom stereocenters. The average Bonchev–Trinajstić information content (AvgIpc) is 2.99. The van der Waals surface area contributed by atoms with Crippen LogP contribution < -0.4 is 0 Å². The number of fused-ring (bicyclic) bond motifs is 1. The second-order valence-corrected chi connectivity index (χ2v) is 11.5. The Bertz CT molecular complexity index is 1700. The lowest BCUT2D eigenvalue weighted by Crippen LogP contribution is -2.62. The lowest BCUT2D eigenvalue weighted by molar-refractivity contribution is -0.148. The molecule has 6 rings (SSSR count). The molecule has 1 aromatic heterocycles. The molecule has 1 amide bonds. The number of nitrogens with zero attached hydrogens (tertiary/aromatic N) is 2. The molecule has 0 radical (unpaired) electrons. The largest absolute Gasteiger partial charge is 0.448 e. The number of pyridine rings is 1. The van der Waals surface area contributed by atoms with E-state index in [1.807, 2.05) is 60.7 Å². The molecule has 0 spiro atoms. The third-order valence-electron chi connectivity index (χ3n) is 6.92. The molecule has 3 heterocycles. The molecule has 4 aromatic rings. The third-order valence-corrected chi connectivity index (χ3v) is 8.75. The fraction of sp³-hybridized carbons (Fsp3) is 0.0938. The maximum absolute atomic E-state index is 14.0. The first-order valence-electron chi connectivity index (χ1n) is 12.7. The van der Waals surface area contributed by atoms with Crippen LogP contribution in [-0.4, -0.2) is 41.3 Å². The number of hydrogen-bond donors (Lipinski definition) is 0. The van der Waals surface area contributed by atoms with Crippen molar-refractivity contribution in [2.75, 3.05) is 5.75 Å². The van der Waals surface area contributed by atoms with E-state index >= 15 is 0 Å². The Morgan fingerprint density at radius 2 is 1.43 bits per heavy atom. The Morgan fingerprint density at radius 1 is 0.850 bits per heavy atom. The molecule has 2 aliphatic rings. The zero-order valence-electron chi connectivity index (χ0n) is 21.3. The van der Waals surface area contributed by atoms with Crippen molar-refractivity contribution in [2.45, 2.75) is 11.5 Å².